The summed E-state index contributed by atoms with van der Waals surface area (Å²) in [6.45, 7) is 12.0. The molecular weight excluding hydrogens is 312 g/mol. The third kappa shape index (κ3) is 4.34. The summed E-state index contributed by atoms with van der Waals surface area (Å²) in [5.41, 5.74) is 3.66. The van der Waals surface area contributed by atoms with Crippen LogP contribution in [0.1, 0.15) is 25.1 Å². The van der Waals surface area contributed by atoms with Gasteiger partial charge in [-0.05, 0) is 30.9 Å². The van der Waals surface area contributed by atoms with Crippen molar-refractivity contribution in [1.82, 2.24) is 20.1 Å². The average Bonchev–Trinajstić information content (AvgIpc) is 2.90. The summed E-state index contributed by atoms with van der Waals surface area (Å²) < 4.78 is 0. The van der Waals surface area contributed by atoms with Crippen molar-refractivity contribution in [3.05, 3.63) is 35.5 Å². The number of amides is 2. The Balaban J connectivity index is 1.47. The summed E-state index contributed by atoms with van der Waals surface area (Å²) >= 11 is 0. The van der Waals surface area contributed by atoms with E-state index in [0.29, 0.717) is 12.5 Å². The molecule has 0 unspecified atom stereocenters. The lowest BCUT2D eigenvalue weighted by atomic mass is 10.1. The Labute approximate surface area is 150 Å². The Bertz CT molecular complexity index is 714. The van der Waals surface area contributed by atoms with E-state index in [0.717, 1.165) is 39.1 Å². The van der Waals surface area contributed by atoms with Gasteiger partial charge in [-0.3, -0.25) is 4.90 Å². The smallest absolute Gasteiger partial charge is 0.317 e. The van der Waals surface area contributed by atoms with Gasteiger partial charge in [-0.1, -0.05) is 32.0 Å². The number of carbonyl (C=O) groups excluding carboxylic acids is 1. The van der Waals surface area contributed by atoms with Crippen molar-refractivity contribution in [3.63, 3.8) is 0 Å². The molecule has 1 saturated heterocycles. The molecule has 2 N–H and O–H groups in total. The predicted octanol–water partition coefficient (Wildman–Crippen LogP) is 3.00. The number of rotatable bonds is 5. The quantitative estimate of drug-likeness (QED) is 0.878. The molecule has 0 saturated carbocycles. The Kier molecular flexibility index (Phi) is 5.63. The second kappa shape index (κ2) is 7.91. The molecular formula is C20H30N4O. The molecule has 5 heteroatoms. The van der Waals surface area contributed by atoms with E-state index < -0.39 is 0 Å². The number of aryl methyl sites for hydroxylation is 1. The summed E-state index contributed by atoms with van der Waals surface area (Å²) in [6, 6.07) is 8.42. The highest BCUT2D eigenvalue weighted by molar-refractivity contribution is 5.84. The van der Waals surface area contributed by atoms with E-state index in [1.54, 1.807) is 0 Å². The zero-order valence-corrected chi connectivity index (χ0v) is 15.6. The number of piperazine rings is 1. The van der Waals surface area contributed by atoms with Gasteiger partial charge in [0, 0.05) is 55.9 Å². The van der Waals surface area contributed by atoms with Crippen molar-refractivity contribution in [2.45, 2.75) is 27.2 Å². The normalized spacial score (nSPS) is 15.9. The fraction of sp³-hybridized carbons (Fsp3) is 0.550. The van der Waals surface area contributed by atoms with E-state index in [2.05, 4.69) is 54.2 Å². The minimum absolute atomic E-state index is 0.0710. The van der Waals surface area contributed by atoms with Crippen LogP contribution >= 0.6 is 0 Å². The van der Waals surface area contributed by atoms with Crippen molar-refractivity contribution in [3.8, 4) is 0 Å². The van der Waals surface area contributed by atoms with Crippen molar-refractivity contribution in [2.75, 3.05) is 39.3 Å². The highest BCUT2D eigenvalue weighted by Gasteiger charge is 2.21. The number of aromatic nitrogens is 1. The average molecular weight is 342 g/mol. The van der Waals surface area contributed by atoms with Crippen molar-refractivity contribution in [1.29, 1.82) is 0 Å². The molecule has 1 fully saturated rings. The van der Waals surface area contributed by atoms with Gasteiger partial charge in [0.25, 0.3) is 0 Å². The molecule has 0 bridgehead atoms. The highest BCUT2D eigenvalue weighted by Crippen LogP contribution is 2.21. The molecule has 0 atom stereocenters. The minimum atomic E-state index is 0.0710. The van der Waals surface area contributed by atoms with Crippen LogP contribution < -0.4 is 5.32 Å². The number of para-hydroxylation sites is 1. The van der Waals surface area contributed by atoms with Crippen molar-refractivity contribution < 1.29 is 4.79 Å². The van der Waals surface area contributed by atoms with Gasteiger partial charge in [0.15, 0.2) is 0 Å². The summed E-state index contributed by atoms with van der Waals surface area (Å²) in [5, 5.41) is 4.35. The second-order valence-electron chi connectivity index (χ2n) is 7.44. The van der Waals surface area contributed by atoms with Gasteiger partial charge in [-0.25, -0.2) is 4.79 Å². The third-order valence-electron chi connectivity index (χ3n) is 4.96. The Morgan fingerprint density at radius 1 is 1.20 bits per heavy atom. The molecule has 25 heavy (non-hydrogen) atoms. The molecule has 2 aromatic rings. The lowest BCUT2D eigenvalue weighted by molar-refractivity contribution is 0.131. The van der Waals surface area contributed by atoms with Crippen LogP contribution in [0.2, 0.25) is 0 Å². The topological polar surface area (TPSA) is 51.4 Å². The Hall–Kier alpha value is -2.01. The number of urea groups is 1. The summed E-state index contributed by atoms with van der Waals surface area (Å²) in [6.07, 6.45) is 0.856. The number of hydrogen-bond acceptors (Lipinski definition) is 2. The lowest BCUT2D eigenvalue weighted by Crippen LogP contribution is -2.52. The van der Waals surface area contributed by atoms with Crippen molar-refractivity contribution >= 4 is 16.9 Å². The van der Waals surface area contributed by atoms with E-state index >= 15 is 0 Å². The van der Waals surface area contributed by atoms with Gasteiger partial charge >= 0.3 is 6.03 Å². The highest BCUT2D eigenvalue weighted by atomic mass is 16.2. The van der Waals surface area contributed by atoms with Crippen molar-refractivity contribution in [2.24, 2.45) is 5.92 Å². The van der Waals surface area contributed by atoms with E-state index in [1.807, 2.05) is 11.0 Å². The number of H-pyrrole nitrogens is 1. The first-order valence-electron chi connectivity index (χ1n) is 9.36. The maximum absolute atomic E-state index is 12.4. The molecule has 0 radical (unpaired) electrons. The predicted molar refractivity (Wildman–Crippen MR) is 103 cm³/mol. The van der Waals surface area contributed by atoms with E-state index in [-0.39, 0.29) is 6.03 Å². The van der Waals surface area contributed by atoms with Gasteiger partial charge in [-0.15, -0.1) is 0 Å². The van der Waals surface area contributed by atoms with Gasteiger partial charge in [0.05, 0.1) is 0 Å². The molecule has 0 aliphatic carbocycles. The molecule has 5 nitrogen and oxygen atoms in total. The summed E-state index contributed by atoms with van der Waals surface area (Å²) in [4.78, 5) is 20.2. The molecule has 2 heterocycles. The first-order valence-corrected chi connectivity index (χ1v) is 9.36. The van der Waals surface area contributed by atoms with Gasteiger partial charge in [0.2, 0.25) is 0 Å². The Morgan fingerprint density at radius 3 is 2.64 bits per heavy atom. The number of carbonyl (C=O) groups is 1. The third-order valence-corrected chi connectivity index (χ3v) is 4.96. The number of nitrogens with one attached hydrogen (secondary N) is 2. The number of fused-ring (bicyclic) bond motifs is 1. The molecule has 136 valence electrons. The van der Waals surface area contributed by atoms with Crippen LogP contribution in [0.25, 0.3) is 10.9 Å². The van der Waals surface area contributed by atoms with E-state index in [1.165, 1.54) is 22.2 Å². The number of nitrogens with zero attached hydrogens (tertiary/aromatic N) is 2. The standard InChI is InChI=1S/C20H30N4O/c1-15(2)14-23-10-12-24(13-11-23)20(25)21-9-8-17-16(3)22-19-7-5-4-6-18(17)19/h4-7,15,22H,8-14H2,1-3H3,(H,21,25). The van der Waals surface area contributed by atoms with Crippen LogP contribution in [0.3, 0.4) is 0 Å². The molecule has 1 aromatic carbocycles. The fourth-order valence-electron chi connectivity index (χ4n) is 3.71. The zero-order chi connectivity index (χ0) is 17.8. The number of hydrogen-bond donors (Lipinski definition) is 2. The second-order valence-corrected chi connectivity index (χ2v) is 7.44. The van der Waals surface area contributed by atoms with Gasteiger partial charge in [0.1, 0.15) is 0 Å². The van der Waals surface area contributed by atoms with Crippen LogP contribution in [-0.2, 0) is 6.42 Å². The van der Waals surface area contributed by atoms with Crippen LogP contribution in [0, 0.1) is 12.8 Å². The maximum Gasteiger partial charge on any atom is 0.317 e. The summed E-state index contributed by atoms with van der Waals surface area (Å²) in [7, 11) is 0. The first-order chi connectivity index (χ1) is 12.0. The SMILES string of the molecule is Cc1[nH]c2ccccc2c1CCNC(=O)N1CCN(CC(C)C)CC1. The van der Waals surface area contributed by atoms with E-state index in [9.17, 15) is 4.79 Å². The van der Waals surface area contributed by atoms with Gasteiger partial charge < -0.3 is 15.2 Å². The zero-order valence-electron chi connectivity index (χ0n) is 15.6. The molecule has 3 rings (SSSR count). The first kappa shape index (κ1) is 17.8. The van der Waals surface area contributed by atoms with Gasteiger partial charge in [-0.2, -0.15) is 0 Å². The molecule has 1 aromatic heterocycles. The van der Waals surface area contributed by atoms with Crippen LogP contribution in [0.5, 0.6) is 0 Å². The van der Waals surface area contributed by atoms with E-state index in [4.69, 9.17) is 0 Å². The molecule has 2 amide bonds. The number of benzene rings is 1. The summed E-state index contributed by atoms with van der Waals surface area (Å²) in [5.74, 6) is 0.680. The number of aromatic amines is 1. The van der Waals surface area contributed by atoms with Crippen LogP contribution in [0.4, 0.5) is 4.79 Å². The minimum Gasteiger partial charge on any atom is -0.358 e. The fourth-order valence-corrected chi connectivity index (χ4v) is 3.71. The van der Waals surface area contributed by atoms with Crippen LogP contribution in [0.15, 0.2) is 24.3 Å². The largest absolute Gasteiger partial charge is 0.358 e. The maximum atomic E-state index is 12.4. The van der Waals surface area contributed by atoms with Crippen LogP contribution in [-0.4, -0.2) is 60.1 Å². The molecule has 1 aliphatic heterocycles. The Morgan fingerprint density at radius 2 is 1.92 bits per heavy atom. The molecule has 1 aliphatic rings. The molecule has 0 spiro atoms. The monoisotopic (exact) mass is 342 g/mol. The lowest BCUT2D eigenvalue weighted by Gasteiger charge is -2.35.